The zero-order valence-electron chi connectivity index (χ0n) is 15.4. The van der Waals surface area contributed by atoms with Crippen LogP contribution in [0.25, 0.3) is 0 Å². The molecular formula is C19H26N4O3S. The molecule has 8 heteroatoms. The number of amides is 2. The van der Waals surface area contributed by atoms with E-state index >= 15 is 0 Å². The highest BCUT2D eigenvalue weighted by molar-refractivity contribution is 7.89. The molecule has 0 aromatic heterocycles. The van der Waals surface area contributed by atoms with Gasteiger partial charge in [0, 0.05) is 38.6 Å². The lowest BCUT2D eigenvalue weighted by Gasteiger charge is -2.29. The van der Waals surface area contributed by atoms with Crippen LogP contribution in [0.2, 0.25) is 0 Å². The summed E-state index contributed by atoms with van der Waals surface area (Å²) < 4.78 is 26.9. The Labute approximate surface area is 161 Å². The Morgan fingerprint density at radius 2 is 1.70 bits per heavy atom. The quantitative estimate of drug-likeness (QED) is 0.854. The second-order valence-electron chi connectivity index (χ2n) is 7.16. The minimum Gasteiger partial charge on any atom is -0.334 e. The number of sulfonamides is 1. The van der Waals surface area contributed by atoms with Crippen molar-refractivity contribution in [1.29, 1.82) is 5.26 Å². The van der Waals surface area contributed by atoms with E-state index in [1.807, 2.05) is 0 Å². The number of hydrogen-bond acceptors (Lipinski definition) is 4. The Hall–Kier alpha value is -2.11. The van der Waals surface area contributed by atoms with Crippen LogP contribution in [-0.2, 0) is 16.6 Å². The van der Waals surface area contributed by atoms with E-state index in [0.717, 1.165) is 24.8 Å². The van der Waals surface area contributed by atoms with Gasteiger partial charge >= 0.3 is 6.03 Å². The largest absolute Gasteiger partial charge is 0.334 e. The first-order valence-corrected chi connectivity index (χ1v) is 11.0. The van der Waals surface area contributed by atoms with Gasteiger partial charge in [-0.2, -0.15) is 9.57 Å². The first-order chi connectivity index (χ1) is 13.0. The molecule has 0 saturated carbocycles. The van der Waals surface area contributed by atoms with Gasteiger partial charge in [0.1, 0.15) is 0 Å². The van der Waals surface area contributed by atoms with Crippen molar-refractivity contribution in [1.82, 2.24) is 14.5 Å². The van der Waals surface area contributed by atoms with Gasteiger partial charge in [-0.05, 0) is 43.4 Å². The molecule has 0 bridgehead atoms. The van der Waals surface area contributed by atoms with Gasteiger partial charge in [0.25, 0.3) is 0 Å². The van der Waals surface area contributed by atoms with Crippen LogP contribution in [0, 0.1) is 17.2 Å². The maximum absolute atomic E-state index is 12.6. The molecule has 3 rings (SSSR count). The second-order valence-corrected chi connectivity index (χ2v) is 9.10. The van der Waals surface area contributed by atoms with Crippen molar-refractivity contribution >= 4 is 16.1 Å². The third-order valence-corrected chi connectivity index (χ3v) is 7.20. The van der Waals surface area contributed by atoms with E-state index in [-0.39, 0.29) is 11.9 Å². The van der Waals surface area contributed by atoms with E-state index in [1.165, 1.54) is 0 Å². The second kappa shape index (κ2) is 8.72. The van der Waals surface area contributed by atoms with Crippen molar-refractivity contribution in [2.24, 2.45) is 5.92 Å². The van der Waals surface area contributed by atoms with Gasteiger partial charge in [0.2, 0.25) is 10.0 Å². The third kappa shape index (κ3) is 4.79. The normalized spacial score (nSPS) is 19.4. The Bertz CT molecular complexity index is 787. The first-order valence-electron chi connectivity index (χ1n) is 9.52. The summed E-state index contributed by atoms with van der Waals surface area (Å²) in [5, 5.41) is 11.8. The van der Waals surface area contributed by atoms with Crippen molar-refractivity contribution in [2.45, 2.75) is 43.5 Å². The van der Waals surface area contributed by atoms with E-state index in [1.54, 1.807) is 33.5 Å². The maximum atomic E-state index is 12.6. The number of nitrogens with one attached hydrogen (secondary N) is 1. The van der Waals surface area contributed by atoms with Gasteiger partial charge in [0.15, 0.2) is 0 Å². The van der Waals surface area contributed by atoms with Gasteiger partial charge in [-0.1, -0.05) is 18.6 Å². The van der Waals surface area contributed by atoms with Gasteiger partial charge in [0.05, 0.1) is 11.0 Å². The number of benzene rings is 1. The SMILES string of the molecule is N#CC1CCN(C(=O)NCc2ccc(S(=O)(=O)N3CCCCC3)cc2)CC1. The van der Waals surface area contributed by atoms with Crippen LogP contribution in [0.5, 0.6) is 0 Å². The van der Waals surface area contributed by atoms with E-state index in [0.29, 0.717) is 50.5 Å². The van der Waals surface area contributed by atoms with Crippen LogP contribution in [0.3, 0.4) is 0 Å². The van der Waals surface area contributed by atoms with Crippen LogP contribution in [0.4, 0.5) is 4.79 Å². The van der Waals surface area contributed by atoms with Crippen LogP contribution in [-0.4, -0.2) is 49.8 Å². The first kappa shape index (κ1) is 19.6. The molecule has 2 aliphatic heterocycles. The van der Waals surface area contributed by atoms with E-state index in [2.05, 4.69) is 11.4 Å². The summed E-state index contributed by atoms with van der Waals surface area (Å²) in [6.07, 6.45) is 4.34. The number of likely N-dealkylation sites (tertiary alicyclic amines) is 1. The number of nitriles is 1. The van der Waals surface area contributed by atoms with Crippen molar-refractivity contribution in [2.75, 3.05) is 26.2 Å². The smallest absolute Gasteiger partial charge is 0.317 e. The van der Waals surface area contributed by atoms with Crippen molar-refractivity contribution in [3.05, 3.63) is 29.8 Å². The molecule has 1 aromatic rings. The molecule has 7 nitrogen and oxygen atoms in total. The Kier molecular flexibility index (Phi) is 6.34. The number of urea groups is 1. The average molecular weight is 391 g/mol. The number of carbonyl (C=O) groups is 1. The summed E-state index contributed by atoms with van der Waals surface area (Å²) >= 11 is 0. The fourth-order valence-electron chi connectivity index (χ4n) is 3.53. The monoisotopic (exact) mass is 390 g/mol. The maximum Gasteiger partial charge on any atom is 0.317 e. The number of hydrogen-bond donors (Lipinski definition) is 1. The summed E-state index contributed by atoms with van der Waals surface area (Å²) in [6.45, 7) is 2.71. The fraction of sp³-hybridized carbons (Fsp3) is 0.579. The van der Waals surface area contributed by atoms with Crippen LogP contribution < -0.4 is 5.32 Å². The molecule has 2 saturated heterocycles. The molecule has 0 radical (unpaired) electrons. The van der Waals surface area contributed by atoms with Gasteiger partial charge < -0.3 is 10.2 Å². The topological polar surface area (TPSA) is 93.5 Å². The highest BCUT2D eigenvalue weighted by Crippen LogP contribution is 2.21. The Morgan fingerprint density at radius 3 is 2.30 bits per heavy atom. The predicted molar refractivity (Wildman–Crippen MR) is 101 cm³/mol. The Morgan fingerprint density at radius 1 is 1.07 bits per heavy atom. The molecule has 2 heterocycles. The summed E-state index contributed by atoms with van der Waals surface area (Å²) in [6, 6.07) is 8.84. The molecular weight excluding hydrogens is 364 g/mol. The standard InChI is InChI=1S/C19H26N4O3S/c20-14-16-8-12-22(13-9-16)19(24)21-15-17-4-6-18(7-5-17)27(25,26)23-10-2-1-3-11-23/h4-7,16H,1-3,8-13,15H2,(H,21,24). The average Bonchev–Trinajstić information content (AvgIpc) is 2.73. The summed E-state index contributed by atoms with van der Waals surface area (Å²) in [5.41, 5.74) is 0.854. The zero-order chi connectivity index (χ0) is 19.3. The number of piperidine rings is 2. The van der Waals surface area contributed by atoms with Gasteiger partial charge in [-0.15, -0.1) is 0 Å². The minimum absolute atomic E-state index is 0.0449. The lowest BCUT2D eigenvalue weighted by molar-refractivity contribution is 0.178. The van der Waals surface area contributed by atoms with Crippen molar-refractivity contribution in [3.63, 3.8) is 0 Å². The lowest BCUT2D eigenvalue weighted by atomic mass is 9.99. The van der Waals surface area contributed by atoms with E-state index in [4.69, 9.17) is 5.26 Å². The van der Waals surface area contributed by atoms with Crippen LogP contribution in [0.15, 0.2) is 29.2 Å². The zero-order valence-corrected chi connectivity index (χ0v) is 16.2. The molecule has 0 aliphatic carbocycles. The minimum atomic E-state index is -3.42. The van der Waals surface area contributed by atoms with E-state index in [9.17, 15) is 13.2 Å². The van der Waals surface area contributed by atoms with E-state index < -0.39 is 10.0 Å². The van der Waals surface area contributed by atoms with Crippen LogP contribution >= 0.6 is 0 Å². The molecule has 2 aliphatic rings. The predicted octanol–water partition coefficient (Wildman–Crippen LogP) is 2.31. The molecule has 0 atom stereocenters. The fourth-order valence-corrected chi connectivity index (χ4v) is 5.05. The molecule has 146 valence electrons. The number of carbonyl (C=O) groups excluding carboxylic acids is 1. The van der Waals surface area contributed by atoms with Crippen LogP contribution in [0.1, 0.15) is 37.7 Å². The number of nitrogens with zero attached hydrogens (tertiary/aromatic N) is 3. The lowest BCUT2D eigenvalue weighted by Crippen LogP contribution is -2.44. The summed E-state index contributed by atoms with van der Waals surface area (Å²) in [5.74, 6) is 0.0449. The molecule has 0 unspecified atom stereocenters. The van der Waals surface area contributed by atoms with Crippen molar-refractivity contribution < 1.29 is 13.2 Å². The molecule has 0 spiro atoms. The molecule has 27 heavy (non-hydrogen) atoms. The van der Waals surface area contributed by atoms with Gasteiger partial charge in [-0.3, -0.25) is 0 Å². The summed E-state index contributed by atoms with van der Waals surface area (Å²) in [4.78, 5) is 14.3. The van der Waals surface area contributed by atoms with Gasteiger partial charge in [-0.25, -0.2) is 13.2 Å². The molecule has 1 aromatic carbocycles. The Balaban J connectivity index is 1.53. The van der Waals surface area contributed by atoms with Crippen molar-refractivity contribution in [3.8, 4) is 6.07 Å². The highest BCUT2D eigenvalue weighted by atomic mass is 32.2. The summed E-state index contributed by atoms with van der Waals surface area (Å²) in [7, 11) is -3.42. The molecule has 1 N–H and O–H groups in total. The molecule has 2 amide bonds. The third-order valence-electron chi connectivity index (χ3n) is 5.28. The highest BCUT2D eigenvalue weighted by Gasteiger charge is 2.26. The molecule has 2 fully saturated rings. The number of rotatable bonds is 4.